The van der Waals surface area contributed by atoms with Gasteiger partial charge in [-0.1, -0.05) is 11.1 Å². The van der Waals surface area contributed by atoms with Crippen LogP contribution in [0.3, 0.4) is 0 Å². The minimum absolute atomic E-state index is 0.119. The van der Waals surface area contributed by atoms with Gasteiger partial charge in [-0.05, 0) is 6.42 Å². The van der Waals surface area contributed by atoms with E-state index in [0.717, 1.165) is 0 Å². The number of oxime groups is 1. The molecule has 1 N–H and O–H groups in total. The van der Waals surface area contributed by atoms with Crippen molar-refractivity contribution < 1.29 is 19.7 Å². The van der Waals surface area contributed by atoms with Gasteiger partial charge in [0, 0.05) is 17.8 Å². The second-order valence-corrected chi connectivity index (χ2v) is 2.84. The number of terminal acetylenes is 1. The van der Waals surface area contributed by atoms with Gasteiger partial charge < -0.3 is 9.94 Å². The van der Waals surface area contributed by atoms with Gasteiger partial charge in [-0.3, -0.25) is 10.1 Å². The molecule has 88 valence electrons. The van der Waals surface area contributed by atoms with Gasteiger partial charge in [0.1, 0.15) is 0 Å². The maximum Gasteiger partial charge on any atom is 0.357 e. The predicted molar refractivity (Wildman–Crippen MR) is 54.7 cm³/mol. The minimum Gasteiger partial charge on any atom is -0.448 e. The van der Waals surface area contributed by atoms with E-state index in [1.807, 2.05) is 0 Å². The Morgan fingerprint density at radius 2 is 2.25 bits per heavy atom. The second kappa shape index (κ2) is 8.23. The van der Waals surface area contributed by atoms with E-state index in [2.05, 4.69) is 15.8 Å². The molecule has 0 saturated heterocycles. The molecule has 0 atom stereocenters. The molecule has 0 unspecified atom stereocenters. The molecule has 7 heteroatoms. The van der Waals surface area contributed by atoms with E-state index >= 15 is 0 Å². The Balaban J connectivity index is 3.89. The van der Waals surface area contributed by atoms with Crippen molar-refractivity contribution in [2.75, 3.05) is 13.2 Å². The van der Waals surface area contributed by atoms with Crippen molar-refractivity contribution >= 4 is 11.7 Å². The largest absolute Gasteiger partial charge is 0.448 e. The third-order valence-corrected chi connectivity index (χ3v) is 1.65. The third-order valence-electron chi connectivity index (χ3n) is 1.65. The first-order valence-electron chi connectivity index (χ1n) is 4.55. The summed E-state index contributed by atoms with van der Waals surface area (Å²) in [4.78, 5) is 20.7. The first-order chi connectivity index (χ1) is 7.61. The van der Waals surface area contributed by atoms with Crippen LogP contribution < -0.4 is 0 Å². The highest BCUT2D eigenvalue weighted by molar-refractivity contribution is 6.36. The molecule has 0 aliphatic carbocycles. The summed E-state index contributed by atoms with van der Waals surface area (Å²) in [6.45, 7) is -0.384. The average molecular weight is 228 g/mol. The number of hydrogen-bond acceptors (Lipinski definition) is 6. The fraction of sp³-hybridized carbons (Fsp3) is 0.556. The zero-order chi connectivity index (χ0) is 12.4. The van der Waals surface area contributed by atoms with E-state index in [1.54, 1.807) is 0 Å². The number of rotatable bonds is 7. The van der Waals surface area contributed by atoms with E-state index in [-0.39, 0.29) is 25.3 Å². The number of hydrogen-bond donors (Lipinski definition) is 1. The highest BCUT2D eigenvalue weighted by Crippen LogP contribution is 2.00. The van der Waals surface area contributed by atoms with Gasteiger partial charge in [-0.2, -0.15) is 0 Å². The number of unbranched alkanes of at least 4 members (excludes halogenated alkanes) is 1. The summed E-state index contributed by atoms with van der Waals surface area (Å²) >= 11 is 0. The zero-order valence-corrected chi connectivity index (χ0v) is 8.59. The SMILES string of the molecule is C#CCOC(=O)/C(CCCC[N+](=O)[O-])=N/O. The van der Waals surface area contributed by atoms with Crippen LogP contribution in [0.2, 0.25) is 0 Å². The Morgan fingerprint density at radius 3 is 2.75 bits per heavy atom. The molecule has 0 amide bonds. The first kappa shape index (κ1) is 13.9. The van der Waals surface area contributed by atoms with E-state index in [1.165, 1.54) is 0 Å². The van der Waals surface area contributed by atoms with Crippen LogP contribution in [0.4, 0.5) is 0 Å². The van der Waals surface area contributed by atoms with Crippen molar-refractivity contribution in [3.63, 3.8) is 0 Å². The standard InChI is InChI=1S/C9H12N2O5/c1-2-7-16-9(12)8(10-13)5-3-4-6-11(14)15/h1,13H,3-7H2/b10-8+. The van der Waals surface area contributed by atoms with Crippen molar-refractivity contribution in [2.24, 2.45) is 5.16 Å². The zero-order valence-electron chi connectivity index (χ0n) is 8.59. The summed E-state index contributed by atoms with van der Waals surface area (Å²) in [7, 11) is 0. The molecular formula is C9H12N2O5. The number of carbonyl (C=O) groups is 1. The second-order valence-electron chi connectivity index (χ2n) is 2.84. The van der Waals surface area contributed by atoms with Crippen LogP contribution in [0.15, 0.2) is 5.16 Å². The summed E-state index contributed by atoms with van der Waals surface area (Å²) in [5.74, 6) is 1.29. The molecule has 0 spiro atoms. The summed E-state index contributed by atoms with van der Waals surface area (Å²) < 4.78 is 4.52. The molecule has 0 heterocycles. The van der Waals surface area contributed by atoms with Gasteiger partial charge in [0.25, 0.3) is 0 Å². The summed E-state index contributed by atoms with van der Waals surface area (Å²) in [5, 5.41) is 21.3. The quantitative estimate of drug-likeness (QED) is 0.129. The van der Waals surface area contributed by atoms with Crippen LogP contribution in [-0.4, -0.2) is 35.0 Å². The number of esters is 1. The summed E-state index contributed by atoms with van der Waals surface area (Å²) in [5.41, 5.74) is -0.182. The van der Waals surface area contributed by atoms with Crippen molar-refractivity contribution in [1.82, 2.24) is 0 Å². The fourth-order valence-electron chi connectivity index (χ4n) is 0.917. The Labute approximate surface area is 92.2 Å². The molecule has 0 fully saturated rings. The third kappa shape index (κ3) is 6.37. The average Bonchev–Trinajstić information content (AvgIpc) is 2.25. The van der Waals surface area contributed by atoms with Crippen LogP contribution >= 0.6 is 0 Å². The van der Waals surface area contributed by atoms with Crippen LogP contribution in [0.25, 0.3) is 0 Å². The molecule has 0 aliphatic rings. The predicted octanol–water partition coefficient (Wildman–Crippen LogP) is 0.440. The van der Waals surface area contributed by atoms with E-state index in [9.17, 15) is 14.9 Å². The highest BCUT2D eigenvalue weighted by Gasteiger charge is 2.13. The molecule has 16 heavy (non-hydrogen) atoms. The van der Waals surface area contributed by atoms with Crippen LogP contribution in [-0.2, 0) is 9.53 Å². The molecule has 0 aliphatic heterocycles. The van der Waals surface area contributed by atoms with E-state index in [0.29, 0.717) is 12.8 Å². The molecule has 0 bridgehead atoms. The van der Waals surface area contributed by atoms with Crippen molar-refractivity contribution in [3.05, 3.63) is 10.1 Å². The van der Waals surface area contributed by atoms with Crippen molar-refractivity contribution in [2.45, 2.75) is 19.3 Å². The molecular weight excluding hydrogens is 216 g/mol. The molecule has 0 aromatic rings. The Hall–Kier alpha value is -2.10. The molecule has 0 rings (SSSR count). The van der Waals surface area contributed by atoms with E-state index in [4.69, 9.17) is 11.6 Å². The molecule has 0 radical (unpaired) electrons. The van der Waals surface area contributed by atoms with Crippen LogP contribution in [0.1, 0.15) is 19.3 Å². The number of nitrogens with zero attached hydrogens (tertiary/aromatic N) is 2. The summed E-state index contributed by atoms with van der Waals surface area (Å²) in [6.07, 6.45) is 5.65. The number of carbonyl (C=O) groups excluding carboxylic acids is 1. The number of ether oxygens (including phenoxy) is 1. The maximum absolute atomic E-state index is 11.1. The van der Waals surface area contributed by atoms with Crippen molar-refractivity contribution in [3.8, 4) is 12.3 Å². The van der Waals surface area contributed by atoms with Gasteiger partial charge in [0.05, 0.1) is 0 Å². The Bertz CT molecular complexity index is 318. The minimum atomic E-state index is -0.804. The molecule has 0 aromatic heterocycles. The fourth-order valence-corrected chi connectivity index (χ4v) is 0.917. The van der Waals surface area contributed by atoms with Gasteiger partial charge in [-0.15, -0.1) is 6.42 Å². The Kier molecular flexibility index (Phi) is 7.15. The van der Waals surface area contributed by atoms with Crippen molar-refractivity contribution in [1.29, 1.82) is 0 Å². The molecule has 0 saturated carbocycles. The molecule has 7 nitrogen and oxygen atoms in total. The lowest BCUT2D eigenvalue weighted by Gasteiger charge is -2.02. The number of nitro groups is 1. The van der Waals surface area contributed by atoms with Crippen LogP contribution in [0, 0.1) is 22.5 Å². The Morgan fingerprint density at radius 1 is 1.56 bits per heavy atom. The monoisotopic (exact) mass is 228 g/mol. The first-order valence-corrected chi connectivity index (χ1v) is 4.55. The van der Waals surface area contributed by atoms with Crippen LogP contribution in [0.5, 0.6) is 0 Å². The normalized spacial score (nSPS) is 10.6. The van der Waals surface area contributed by atoms with Gasteiger partial charge >= 0.3 is 5.97 Å². The van der Waals surface area contributed by atoms with Gasteiger partial charge in [0.15, 0.2) is 12.3 Å². The van der Waals surface area contributed by atoms with E-state index < -0.39 is 10.9 Å². The topological polar surface area (TPSA) is 102 Å². The summed E-state index contributed by atoms with van der Waals surface area (Å²) in [6, 6.07) is 0. The lowest BCUT2D eigenvalue weighted by molar-refractivity contribution is -0.480. The molecule has 0 aromatic carbocycles. The van der Waals surface area contributed by atoms with Gasteiger partial charge in [-0.25, -0.2) is 4.79 Å². The maximum atomic E-state index is 11.1. The van der Waals surface area contributed by atoms with Gasteiger partial charge in [0.2, 0.25) is 6.54 Å². The highest BCUT2D eigenvalue weighted by atomic mass is 16.6. The lowest BCUT2D eigenvalue weighted by Crippen LogP contribution is -2.18. The lowest BCUT2D eigenvalue weighted by atomic mass is 10.1. The smallest absolute Gasteiger partial charge is 0.357 e.